The highest BCUT2D eigenvalue weighted by Gasteiger charge is 2.07. The molecule has 0 aliphatic heterocycles. The Balaban J connectivity index is 1.79. The zero-order valence-electron chi connectivity index (χ0n) is 13.7. The molecule has 0 saturated heterocycles. The number of carbonyl (C=O) groups is 2. The lowest BCUT2D eigenvalue weighted by molar-refractivity contribution is -0.142. The Kier molecular flexibility index (Phi) is 7.04. The molecule has 2 rings (SSSR count). The number of hydrogen-bond acceptors (Lipinski definition) is 4. The topological polar surface area (TPSA) is 64.6 Å². The lowest BCUT2D eigenvalue weighted by Crippen LogP contribution is -2.20. The van der Waals surface area contributed by atoms with Crippen LogP contribution in [-0.2, 0) is 14.3 Å². The molecular formula is C19H18ClNO4. The van der Waals surface area contributed by atoms with Crippen LogP contribution in [0, 0.1) is 0 Å². The Morgan fingerprint density at radius 1 is 1.12 bits per heavy atom. The van der Waals surface area contributed by atoms with Gasteiger partial charge in [0.1, 0.15) is 5.75 Å². The summed E-state index contributed by atoms with van der Waals surface area (Å²) in [4.78, 5) is 23.4. The number of benzene rings is 2. The van der Waals surface area contributed by atoms with Gasteiger partial charge in [0.25, 0.3) is 5.91 Å². The first-order valence-electron chi connectivity index (χ1n) is 7.70. The zero-order chi connectivity index (χ0) is 18.1. The number of nitrogens with one attached hydrogen (secondary N) is 1. The van der Waals surface area contributed by atoms with E-state index < -0.39 is 18.5 Å². The SMILES string of the molecule is CCOc1ccc(/C=C/C(=O)OCC(=O)Nc2ccccc2Cl)cc1. The van der Waals surface area contributed by atoms with Crippen molar-refractivity contribution in [2.75, 3.05) is 18.5 Å². The van der Waals surface area contributed by atoms with Gasteiger partial charge in [0.2, 0.25) is 0 Å². The number of anilines is 1. The predicted molar refractivity (Wildman–Crippen MR) is 97.7 cm³/mol. The van der Waals surface area contributed by atoms with E-state index in [-0.39, 0.29) is 0 Å². The number of esters is 1. The number of ether oxygens (including phenoxy) is 2. The average Bonchev–Trinajstić information content (AvgIpc) is 2.61. The second kappa shape index (κ2) is 9.49. The summed E-state index contributed by atoms with van der Waals surface area (Å²) in [7, 11) is 0. The molecule has 0 radical (unpaired) electrons. The first-order valence-corrected chi connectivity index (χ1v) is 8.08. The number of carbonyl (C=O) groups excluding carboxylic acids is 2. The van der Waals surface area contributed by atoms with Gasteiger partial charge in [-0.3, -0.25) is 4.79 Å². The van der Waals surface area contributed by atoms with E-state index in [2.05, 4.69) is 5.32 Å². The largest absolute Gasteiger partial charge is 0.494 e. The van der Waals surface area contributed by atoms with Crippen molar-refractivity contribution in [2.24, 2.45) is 0 Å². The van der Waals surface area contributed by atoms with Crippen LogP contribution in [0.5, 0.6) is 5.75 Å². The molecule has 0 unspecified atom stereocenters. The van der Waals surface area contributed by atoms with Crippen molar-refractivity contribution in [3.63, 3.8) is 0 Å². The Morgan fingerprint density at radius 2 is 1.84 bits per heavy atom. The van der Waals surface area contributed by atoms with Gasteiger partial charge in [-0.15, -0.1) is 0 Å². The first kappa shape index (κ1) is 18.5. The molecule has 5 nitrogen and oxygen atoms in total. The molecule has 0 fully saturated rings. The number of hydrogen-bond donors (Lipinski definition) is 1. The number of rotatable bonds is 7. The summed E-state index contributed by atoms with van der Waals surface area (Å²) in [6.45, 7) is 2.11. The van der Waals surface area contributed by atoms with Crippen LogP contribution in [0.2, 0.25) is 5.02 Å². The van der Waals surface area contributed by atoms with Gasteiger partial charge in [-0.2, -0.15) is 0 Å². The predicted octanol–water partition coefficient (Wildman–Crippen LogP) is 3.93. The van der Waals surface area contributed by atoms with Crippen molar-refractivity contribution in [3.8, 4) is 5.75 Å². The van der Waals surface area contributed by atoms with Crippen molar-refractivity contribution in [1.29, 1.82) is 0 Å². The number of amides is 1. The zero-order valence-corrected chi connectivity index (χ0v) is 14.5. The van der Waals surface area contributed by atoms with Crippen molar-refractivity contribution in [3.05, 3.63) is 65.2 Å². The maximum absolute atomic E-state index is 11.8. The van der Waals surface area contributed by atoms with Crippen LogP contribution in [0.25, 0.3) is 6.08 Å². The quantitative estimate of drug-likeness (QED) is 0.601. The van der Waals surface area contributed by atoms with Gasteiger partial charge in [-0.05, 0) is 42.8 Å². The van der Waals surface area contributed by atoms with Crippen molar-refractivity contribution >= 4 is 35.2 Å². The molecule has 0 atom stereocenters. The third-order valence-electron chi connectivity index (χ3n) is 3.10. The number of para-hydroxylation sites is 1. The maximum Gasteiger partial charge on any atom is 0.331 e. The Bertz CT molecular complexity index is 756. The summed E-state index contributed by atoms with van der Waals surface area (Å²) in [5.74, 6) is -0.308. The molecule has 2 aromatic carbocycles. The van der Waals surface area contributed by atoms with Crippen LogP contribution in [0.4, 0.5) is 5.69 Å². The van der Waals surface area contributed by atoms with E-state index in [4.69, 9.17) is 21.1 Å². The van der Waals surface area contributed by atoms with Crippen LogP contribution in [-0.4, -0.2) is 25.1 Å². The Labute approximate surface area is 151 Å². The highest BCUT2D eigenvalue weighted by molar-refractivity contribution is 6.33. The van der Waals surface area contributed by atoms with Crippen LogP contribution in [0.3, 0.4) is 0 Å². The molecule has 1 amide bonds. The van der Waals surface area contributed by atoms with Crippen LogP contribution < -0.4 is 10.1 Å². The fourth-order valence-corrected chi connectivity index (χ4v) is 2.12. The minimum Gasteiger partial charge on any atom is -0.494 e. The molecule has 0 saturated carbocycles. The van der Waals surface area contributed by atoms with Gasteiger partial charge in [0.15, 0.2) is 6.61 Å². The van der Waals surface area contributed by atoms with Crippen molar-refractivity contribution in [1.82, 2.24) is 0 Å². The first-order chi connectivity index (χ1) is 12.1. The summed E-state index contributed by atoms with van der Waals surface area (Å²) in [5.41, 5.74) is 1.29. The minimum atomic E-state index is -0.608. The fourth-order valence-electron chi connectivity index (χ4n) is 1.94. The molecule has 0 bridgehead atoms. The maximum atomic E-state index is 11.8. The van der Waals surface area contributed by atoms with Gasteiger partial charge in [-0.25, -0.2) is 4.79 Å². The molecule has 0 aliphatic carbocycles. The third-order valence-corrected chi connectivity index (χ3v) is 3.43. The lowest BCUT2D eigenvalue weighted by atomic mass is 10.2. The Morgan fingerprint density at radius 3 is 2.52 bits per heavy atom. The molecule has 0 aromatic heterocycles. The highest BCUT2D eigenvalue weighted by Crippen LogP contribution is 2.20. The summed E-state index contributed by atoms with van der Waals surface area (Å²) < 4.78 is 10.2. The van der Waals surface area contributed by atoms with E-state index in [0.717, 1.165) is 11.3 Å². The molecular weight excluding hydrogens is 342 g/mol. The molecule has 0 heterocycles. The smallest absolute Gasteiger partial charge is 0.331 e. The number of halogens is 1. The van der Waals surface area contributed by atoms with E-state index in [1.165, 1.54) is 6.08 Å². The van der Waals surface area contributed by atoms with Gasteiger partial charge in [-0.1, -0.05) is 35.9 Å². The third kappa shape index (κ3) is 6.31. The van der Waals surface area contributed by atoms with E-state index in [1.54, 1.807) is 30.3 Å². The van der Waals surface area contributed by atoms with Crippen LogP contribution in [0.15, 0.2) is 54.6 Å². The van der Waals surface area contributed by atoms with E-state index >= 15 is 0 Å². The van der Waals surface area contributed by atoms with E-state index in [9.17, 15) is 9.59 Å². The highest BCUT2D eigenvalue weighted by atomic mass is 35.5. The molecule has 130 valence electrons. The lowest BCUT2D eigenvalue weighted by Gasteiger charge is -2.06. The van der Waals surface area contributed by atoms with Gasteiger partial charge < -0.3 is 14.8 Å². The normalized spacial score (nSPS) is 10.5. The monoisotopic (exact) mass is 359 g/mol. The standard InChI is InChI=1S/C19H18ClNO4/c1-2-24-15-10-7-14(8-11-15)9-12-19(23)25-13-18(22)21-17-6-4-3-5-16(17)20/h3-12H,2,13H2,1H3,(H,21,22)/b12-9+. The molecule has 0 aliphatic rings. The van der Waals surface area contributed by atoms with Gasteiger partial charge in [0, 0.05) is 6.08 Å². The van der Waals surface area contributed by atoms with E-state index in [0.29, 0.717) is 17.3 Å². The minimum absolute atomic E-state index is 0.391. The molecule has 6 heteroatoms. The van der Waals surface area contributed by atoms with Gasteiger partial charge >= 0.3 is 5.97 Å². The van der Waals surface area contributed by atoms with Crippen LogP contribution in [0.1, 0.15) is 12.5 Å². The summed E-state index contributed by atoms with van der Waals surface area (Å²) in [6, 6.07) is 14.1. The summed E-state index contributed by atoms with van der Waals surface area (Å²) in [6.07, 6.45) is 2.86. The summed E-state index contributed by atoms with van der Waals surface area (Å²) >= 11 is 5.94. The average molecular weight is 360 g/mol. The van der Waals surface area contributed by atoms with Crippen molar-refractivity contribution in [2.45, 2.75) is 6.92 Å². The molecule has 1 N–H and O–H groups in total. The van der Waals surface area contributed by atoms with Crippen LogP contribution >= 0.6 is 11.6 Å². The molecule has 2 aromatic rings. The second-order valence-electron chi connectivity index (χ2n) is 4.97. The molecule has 0 spiro atoms. The molecule has 25 heavy (non-hydrogen) atoms. The fraction of sp³-hybridized carbons (Fsp3) is 0.158. The second-order valence-corrected chi connectivity index (χ2v) is 5.38. The Hall–Kier alpha value is -2.79. The summed E-state index contributed by atoms with van der Waals surface area (Å²) in [5, 5.41) is 2.99. The van der Waals surface area contributed by atoms with Gasteiger partial charge in [0.05, 0.1) is 17.3 Å². The van der Waals surface area contributed by atoms with Crippen molar-refractivity contribution < 1.29 is 19.1 Å². The van der Waals surface area contributed by atoms with E-state index in [1.807, 2.05) is 31.2 Å².